The maximum absolute atomic E-state index is 13.4. The quantitative estimate of drug-likeness (QED) is 0.407. The van der Waals surface area contributed by atoms with Gasteiger partial charge in [-0.25, -0.2) is 8.78 Å². The topological polar surface area (TPSA) is 76.6 Å². The maximum atomic E-state index is 13.4. The third-order valence-corrected chi connectivity index (χ3v) is 8.10. The van der Waals surface area contributed by atoms with Crippen LogP contribution in [-0.2, 0) is 9.59 Å². The van der Waals surface area contributed by atoms with Crippen molar-refractivity contribution in [2.45, 2.75) is 44.1 Å². The molecule has 2 N–H and O–H groups in total. The van der Waals surface area contributed by atoms with Gasteiger partial charge in [0.15, 0.2) is 0 Å². The number of para-hydroxylation sites is 1. The number of halogens is 2. The Morgan fingerprint density at radius 1 is 1.00 bits per heavy atom. The van der Waals surface area contributed by atoms with Crippen molar-refractivity contribution < 1.29 is 23.5 Å². The van der Waals surface area contributed by atoms with Crippen molar-refractivity contribution in [1.29, 1.82) is 0 Å². The molecule has 0 radical (unpaired) electrons. The van der Waals surface area contributed by atoms with Crippen LogP contribution in [0.3, 0.4) is 0 Å². The summed E-state index contributed by atoms with van der Waals surface area (Å²) >= 11 is 0. The molecule has 2 aliphatic heterocycles. The van der Waals surface area contributed by atoms with Gasteiger partial charge in [-0.3, -0.25) is 14.5 Å². The fraction of sp³-hybridized carbons (Fsp3) is 0.400. The zero-order valence-corrected chi connectivity index (χ0v) is 21.3. The van der Waals surface area contributed by atoms with Crippen LogP contribution in [-0.4, -0.2) is 64.0 Å². The number of aromatic amines is 1. The zero-order chi connectivity index (χ0) is 26.6. The summed E-state index contributed by atoms with van der Waals surface area (Å²) in [4.78, 5) is 32.0. The van der Waals surface area contributed by atoms with Crippen molar-refractivity contribution in [3.05, 3.63) is 77.5 Å². The van der Waals surface area contributed by atoms with E-state index in [1.165, 1.54) is 35.2 Å². The van der Waals surface area contributed by atoms with Gasteiger partial charge in [-0.2, -0.15) is 0 Å². The van der Waals surface area contributed by atoms with E-state index in [0.717, 1.165) is 50.4 Å². The Hall–Kier alpha value is -3.52. The lowest BCUT2D eigenvalue weighted by atomic mass is 9.86. The van der Waals surface area contributed by atoms with Crippen LogP contribution in [0, 0.1) is 17.6 Å². The highest BCUT2D eigenvalue weighted by atomic mass is 19.1. The minimum absolute atomic E-state index is 0.206. The van der Waals surface area contributed by atoms with Crippen molar-refractivity contribution in [2.75, 3.05) is 26.2 Å². The van der Waals surface area contributed by atoms with E-state index >= 15 is 0 Å². The maximum Gasteiger partial charge on any atom is 0.320 e. The third-order valence-electron chi connectivity index (χ3n) is 8.10. The predicted octanol–water partition coefficient (Wildman–Crippen LogP) is 5.42. The lowest BCUT2D eigenvalue weighted by molar-refractivity contribution is -0.145. The molecule has 0 aliphatic carbocycles. The Morgan fingerprint density at radius 3 is 2.37 bits per heavy atom. The fourth-order valence-corrected chi connectivity index (χ4v) is 6.01. The van der Waals surface area contributed by atoms with E-state index in [2.05, 4.69) is 34.3 Å². The number of aromatic nitrogens is 1. The molecule has 3 heterocycles. The Labute approximate surface area is 220 Å². The molecule has 0 bridgehead atoms. The number of likely N-dealkylation sites (tertiary alicyclic amines) is 2. The molecule has 0 spiro atoms. The summed E-state index contributed by atoms with van der Waals surface area (Å²) < 4.78 is 26.7. The van der Waals surface area contributed by atoms with Crippen LogP contribution in [0.1, 0.15) is 49.1 Å². The van der Waals surface area contributed by atoms with E-state index in [1.54, 1.807) is 4.90 Å². The number of hydrogen-bond donors (Lipinski definition) is 2. The number of piperidine rings is 2. The molecule has 1 aromatic heterocycles. The van der Waals surface area contributed by atoms with Crippen molar-refractivity contribution in [1.82, 2.24) is 14.8 Å². The number of nitrogens with one attached hydrogen (secondary N) is 1. The minimum atomic E-state index is -0.778. The van der Waals surface area contributed by atoms with Crippen molar-refractivity contribution >= 4 is 28.9 Å². The van der Waals surface area contributed by atoms with Gasteiger partial charge in [0, 0.05) is 42.3 Å². The monoisotopic (exact) mass is 521 g/mol. The highest BCUT2D eigenvalue weighted by Gasteiger charge is 2.34. The normalized spacial score (nSPS) is 18.8. The van der Waals surface area contributed by atoms with Gasteiger partial charge in [0.1, 0.15) is 17.7 Å². The molecule has 2 aliphatic rings. The standard InChI is InChI=1S/C30H33F2N3O3/c31-23-15-21(16-24(32)18-23)5-6-29(36)35-11-7-20(8-12-35)17-28(30(37)38)34-13-9-22(10-14-34)26-19-33-27-4-2-1-3-25(26)27/h1-6,15-16,18-20,22,28,33H,7-14,17H2,(H,37,38). The summed E-state index contributed by atoms with van der Waals surface area (Å²) in [6.07, 6.45) is 8.77. The van der Waals surface area contributed by atoms with Crippen LogP contribution in [0.5, 0.6) is 0 Å². The van der Waals surface area contributed by atoms with E-state index in [1.807, 2.05) is 6.07 Å². The molecule has 8 heteroatoms. The minimum Gasteiger partial charge on any atom is -0.480 e. The largest absolute Gasteiger partial charge is 0.480 e. The van der Waals surface area contributed by atoms with Crippen LogP contribution in [0.2, 0.25) is 0 Å². The average molecular weight is 522 g/mol. The first kappa shape index (κ1) is 26.1. The number of nitrogens with zero attached hydrogens (tertiary/aromatic N) is 2. The van der Waals surface area contributed by atoms with E-state index in [0.29, 0.717) is 31.0 Å². The molecule has 5 rings (SSSR count). The lowest BCUT2D eigenvalue weighted by Gasteiger charge is -2.38. The summed E-state index contributed by atoms with van der Waals surface area (Å²) in [5, 5.41) is 11.3. The number of carbonyl (C=O) groups excluding carboxylic acids is 1. The second-order valence-corrected chi connectivity index (χ2v) is 10.5. The molecular weight excluding hydrogens is 488 g/mol. The van der Waals surface area contributed by atoms with Crippen LogP contribution < -0.4 is 0 Å². The highest BCUT2D eigenvalue weighted by Crippen LogP contribution is 2.35. The van der Waals surface area contributed by atoms with E-state index < -0.39 is 23.6 Å². The van der Waals surface area contributed by atoms with Gasteiger partial charge < -0.3 is 15.0 Å². The molecule has 1 atom stereocenters. The SMILES string of the molecule is O=C(O)C(CC1CCN(C(=O)C=Cc2cc(F)cc(F)c2)CC1)N1CCC(c2c[nH]c3ccccc23)CC1. The predicted molar refractivity (Wildman–Crippen MR) is 143 cm³/mol. The second kappa shape index (κ2) is 11.5. The number of carbonyl (C=O) groups is 2. The molecule has 38 heavy (non-hydrogen) atoms. The van der Waals surface area contributed by atoms with Gasteiger partial charge >= 0.3 is 5.97 Å². The molecule has 200 valence electrons. The Kier molecular flexibility index (Phi) is 7.88. The highest BCUT2D eigenvalue weighted by molar-refractivity contribution is 5.91. The van der Waals surface area contributed by atoms with Crippen LogP contribution in [0.15, 0.2) is 54.7 Å². The van der Waals surface area contributed by atoms with Gasteiger partial charge in [0.2, 0.25) is 5.91 Å². The molecule has 6 nitrogen and oxygen atoms in total. The van der Waals surface area contributed by atoms with Gasteiger partial charge in [0.05, 0.1) is 0 Å². The fourth-order valence-electron chi connectivity index (χ4n) is 6.01. The number of benzene rings is 2. The first-order valence-electron chi connectivity index (χ1n) is 13.3. The number of aliphatic carboxylic acids is 1. The van der Waals surface area contributed by atoms with Crippen molar-refractivity contribution in [2.24, 2.45) is 5.92 Å². The summed E-state index contributed by atoms with van der Waals surface area (Å²) in [7, 11) is 0. The van der Waals surface area contributed by atoms with Crippen LogP contribution >= 0.6 is 0 Å². The van der Waals surface area contributed by atoms with E-state index in [-0.39, 0.29) is 11.8 Å². The molecule has 2 saturated heterocycles. The van der Waals surface area contributed by atoms with Gasteiger partial charge in [-0.15, -0.1) is 0 Å². The van der Waals surface area contributed by atoms with Gasteiger partial charge in [0.25, 0.3) is 0 Å². The Bertz CT molecular complexity index is 1300. The summed E-state index contributed by atoms with van der Waals surface area (Å²) in [5.41, 5.74) is 2.75. The lowest BCUT2D eigenvalue weighted by Crippen LogP contribution is -2.47. The second-order valence-electron chi connectivity index (χ2n) is 10.5. The molecule has 1 amide bonds. The van der Waals surface area contributed by atoms with Crippen LogP contribution in [0.4, 0.5) is 8.78 Å². The smallest absolute Gasteiger partial charge is 0.320 e. The number of rotatable bonds is 7. The first-order chi connectivity index (χ1) is 18.4. The molecular formula is C30H33F2N3O3. The van der Waals surface area contributed by atoms with Crippen LogP contribution in [0.25, 0.3) is 17.0 Å². The Balaban J connectivity index is 1.12. The van der Waals surface area contributed by atoms with Crippen molar-refractivity contribution in [3.63, 3.8) is 0 Å². The molecule has 1 unspecified atom stereocenters. The van der Waals surface area contributed by atoms with Gasteiger partial charge in [-0.05, 0) is 92.4 Å². The number of fused-ring (bicyclic) bond motifs is 1. The summed E-state index contributed by atoms with van der Waals surface area (Å²) in [6.45, 7) is 2.59. The van der Waals surface area contributed by atoms with E-state index in [9.17, 15) is 23.5 Å². The molecule has 0 saturated carbocycles. The first-order valence-corrected chi connectivity index (χ1v) is 13.3. The Morgan fingerprint density at radius 2 is 1.68 bits per heavy atom. The zero-order valence-electron chi connectivity index (χ0n) is 21.3. The van der Waals surface area contributed by atoms with Crippen molar-refractivity contribution in [3.8, 4) is 0 Å². The number of amides is 1. The number of H-pyrrole nitrogens is 1. The molecule has 2 fully saturated rings. The molecule has 2 aromatic carbocycles. The third kappa shape index (κ3) is 5.96. The number of carboxylic acid groups (broad SMARTS) is 1. The number of hydrogen-bond acceptors (Lipinski definition) is 3. The average Bonchev–Trinajstić information content (AvgIpc) is 3.34. The summed E-state index contributed by atoms with van der Waals surface area (Å²) in [5.74, 6) is -1.71. The van der Waals surface area contributed by atoms with Gasteiger partial charge in [-0.1, -0.05) is 18.2 Å². The van der Waals surface area contributed by atoms with E-state index in [4.69, 9.17) is 0 Å². The summed E-state index contributed by atoms with van der Waals surface area (Å²) in [6, 6.07) is 10.9. The molecule has 3 aromatic rings. The number of carboxylic acids is 1.